The molecule has 0 bridgehead atoms. The lowest BCUT2D eigenvalue weighted by Crippen LogP contribution is -2.42. The summed E-state index contributed by atoms with van der Waals surface area (Å²) in [5, 5.41) is 10.9. The van der Waals surface area contributed by atoms with Gasteiger partial charge in [-0.15, -0.1) is 12.4 Å². The number of amides is 1. The van der Waals surface area contributed by atoms with Gasteiger partial charge in [0.05, 0.1) is 4.92 Å². The van der Waals surface area contributed by atoms with Crippen LogP contribution in [-0.4, -0.2) is 34.9 Å². The molecular weight excluding hydrogens is 374 g/mol. The molecule has 1 amide bonds. The van der Waals surface area contributed by atoms with Gasteiger partial charge in [0.25, 0.3) is 11.6 Å². The Morgan fingerprint density at radius 2 is 2.00 bits per heavy atom. The van der Waals surface area contributed by atoms with Gasteiger partial charge in [-0.1, -0.05) is 15.9 Å². The number of carbonyl (C=O) groups is 1. The van der Waals surface area contributed by atoms with Crippen molar-refractivity contribution in [1.82, 2.24) is 4.90 Å². The maximum atomic E-state index is 12.5. The van der Waals surface area contributed by atoms with Gasteiger partial charge >= 0.3 is 0 Å². The van der Waals surface area contributed by atoms with Gasteiger partial charge in [-0.3, -0.25) is 14.9 Å². The minimum Gasteiger partial charge on any atom is -0.339 e. The van der Waals surface area contributed by atoms with Gasteiger partial charge in [0, 0.05) is 41.3 Å². The summed E-state index contributed by atoms with van der Waals surface area (Å²) in [6, 6.07) is 4.46. The van der Waals surface area contributed by atoms with Crippen LogP contribution in [0.4, 0.5) is 5.69 Å². The van der Waals surface area contributed by atoms with Crippen LogP contribution in [0.25, 0.3) is 0 Å². The highest BCUT2D eigenvalue weighted by atomic mass is 79.9. The largest absolute Gasteiger partial charge is 0.339 e. The van der Waals surface area contributed by atoms with E-state index in [4.69, 9.17) is 5.73 Å². The SMILES string of the molecule is CC(N)C1CCN(C(=O)c2cc(Br)cc([N+](=O)[O-])c2)CC1.Cl. The van der Waals surface area contributed by atoms with Gasteiger partial charge in [0.1, 0.15) is 0 Å². The molecule has 1 heterocycles. The fraction of sp³-hybridized carbons (Fsp3) is 0.500. The van der Waals surface area contributed by atoms with E-state index in [1.165, 1.54) is 12.1 Å². The fourth-order valence-corrected chi connectivity index (χ4v) is 3.10. The quantitative estimate of drug-likeness (QED) is 0.632. The average molecular weight is 393 g/mol. The molecule has 1 aliphatic rings. The summed E-state index contributed by atoms with van der Waals surface area (Å²) in [5.41, 5.74) is 6.15. The Hall–Kier alpha value is -1.18. The van der Waals surface area contributed by atoms with Gasteiger partial charge in [0.2, 0.25) is 0 Å². The number of hydrogen-bond donors (Lipinski definition) is 1. The number of rotatable bonds is 3. The highest BCUT2D eigenvalue weighted by Gasteiger charge is 2.26. The van der Waals surface area contributed by atoms with E-state index in [9.17, 15) is 14.9 Å². The van der Waals surface area contributed by atoms with Gasteiger partial charge in [-0.05, 0) is 31.7 Å². The molecular formula is C14H19BrClN3O3. The number of nitro groups is 1. The highest BCUT2D eigenvalue weighted by molar-refractivity contribution is 9.10. The third-order valence-corrected chi connectivity index (χ3v) is 4.37. The molecule has 2 N–H and O–H groups in total. The molecule has 8 heteroatoms. The molecule has 22 heavy (non-hydrogen) atoms. The number of halogens is 2. The number of carbonyl (C=O) groups excluding carboxylic acids is 1. The van der Waals surface area contributed by atoms with Gasteiger partial charge in [-0.2, -0.15) is 0 Å². The lowest BCUT2D eigenvalue weighted by molar-refractivity contribution is -0.385. The molecule has 1 saturated heterocycles. The van der Waals surface area contributed by atoms with E-state index in [2.05, 4.69) is 15.9 Å². The molecule has 0 aromatic heterocycles. The Balaban J connectivity index is 0.00000242. The van der Waals surface area contributed by atoms with Crippen molar-refractivity contribution in [3.63, 3.8) is 0 Å². The van der Waals surface area contributed by atoms with Crippen LogP contribution in [0.3, 0.4) is 0 Å². The number of hydrogen-bond acceptors (Lipinski definition) is 4. The molecule has 1 fully saturated rings. The number of nitrogens with zero attached hydrogens (tertiary/aromatic N) is 2. The van der Waals surface area contributed by atoms with Crippen LogP contribution in [0.1, 0.15) is 30.1 Å². The number of piperidine rings is 1. The molecule has 1 unspecified atom stereocenters. The Morgan fingerprint density at radius 1 is 1.41 bits per heavy atom. The summed E-state index contributed by atoms with van der Waals surface area (Å²) in [7, 11) is 0. The van der Waals surface area contributed by atoms with E-state index in [1.54, 1.807) is 11.0 Å². The minimum atomic E-state index is -0.496. The van der Waals surface area contributed by atoms with E-state index in [0.717, 1.165) is 12.8 Å². The maximum Gasteiger partial charge on any atom is 0.271 e. The van der Waals surface area contributed by atoms with Crippen LogP contribution >= 0.6 is 28.3 Å². The molecule has 2 rings (SSSR count). The van der Waals surface area contributed by atoms with Crippen molar-refractivity contribution in [3.05, 3.63) is 38.3 Å². The summed E-state index contributed by atoms with van der Waals surface area (Å²) < 4.78 is 0.533. The summed E-state index contributed by atoms with van der Waals surface area (Å²) >= 11 is 3.21. The first-order valence-electron chi connectivity index (χ1n) is 6.88. The second-order valence-corrected chi connectivity index (χ2v) is 6.36. The van der Waals surface area contributed by atoms with E-state index < -0.39 is 4.92 Å². The number of benzene rings is 1. The fourth-order valence-electron chi connectivity index (χ4n) is 2.61. The number of likely N-dealkylation sites (tertiary alicyclic amines) is 1. The van der Waals surface area contributed by atoms with Crippen molar-refractivity contribution in [2.45, 2.75) is 25.8 Å². The van der Waals surface area contributed by atoms with Crippen molar-refractivity contribution in [1.29, 1.82) is 0 Å². The monoisotopic (exact) mass is 391 g/mol. The first-order chi connectivity index (χ1) is 9.88. The predicted molar refractivity (Wildman–Crippen MR) is 90.3 cm³/mol. The van der Waals surface area contributed by atoms with Gasteiger partial charge in [-0.25, -0.2) is 0 Å². The van der Waals surface area contributed by atoms with E-state index in [-0.39, 0.29) is 30.0 Å². The molecule has 6 nitrogen and oxygen atoms in total. The number of nitrogens with two attached hydrogens (primary N) is 1. The van der Waals surface area contributed by atoms with Crippen LogP contribution in [0.5, 0.6) is 0 Å². The van der Waals surface area contributed by atoms with Gasteiger partial charge < -0.3 is 10.6 Å². The standard InChI is InChI=1S/C14H18BrN3O3.ClH/c1-9(16)10-2-4-17(5-3-10)14(19)11-6-12(15)8-13(7-11)18(20)21;/h6-10H,2-5,16H2,1H3;1H. The van der Waals surface area contributed by atoms with Gasteiger partial charge in [0.15, 0.2) is 0 Å². The molecule has 1 aromatic rings. The smallest absolute Gasteiger partial charge is 0.271 e. The normalized spacial score (nSPS) is 16.8. The maximum absolute atomic E-state index is 12.5. The summed E-state index contributed by atoms with van der Waals surface area (Å²) in [6.07, 6.45) is 1.75. The third-order valence-electron chi connectivity index (χ3n) is 3.91. The zero-order valence-corrected chi connectivity index (χ0v) is 14.6. The molecule has 0 radical (unpaired) electrons. The average Bonchev–Trinajstić information content (AvgIpc) is 2.45. The second-order valence-electron chi connectivity index (χ2n) is 5.44. The molecule has 1 aliphatic heterocycles. The van der Waals surface area contributed by atoms with Crippen LogP contribution in [0.2, 0.25) is 0 Å². The zero-order chi connectivity index (χ0) is 15.6. The van der Waals surface area contributed by atoms with Crippen molar-refractivity contribution in [2.24, 2.45) is 11.7 Å². The van der Waals surface area contributed by atoms with Crippen molar-refractivity contribution in [3.8, 4) is 0 Å². The molecule has 1 atom stereocenters. The molecule has 122 valence electrons. The second kappa shape index (κ2) is 7.89. The molecule has 1 aromatic carbocycles. The first-order valence-corrected chi connectivity index (χ1v) is 7.67. The number of nitro benzene ring substituents is 1. The Morgan fingerprint density at radius 3 is 2.50 bits per heavy atom. The molecule has 0 saturated carbocycles. The van der Waals surface area contributed by atoms with E-state index in [1.807, 2.05) is 6.92 Å². The Labute approximate surface area is 143 Å². The first kappa shape index (κ1) is 18.9. The van der Waals surface area contributed by atoms with E-state index in [0.29, 0.717) is 29.0 Å². The zero-order valence-electron chi connectivity index (χ0n) is 12.2. The summed E-state index contributed by atoms with van der Waals surface area (Å²) in [5.74, 6) is 0.272. The van der Waals surface area contributed by atoms with Crippen LogP contribution < -0.4 is 5.73 Å². The lowest BCUT2D eigenvalue weighted by Gasteiger charge is -2.33. The Bertz CT molecular complexity index is 560. The van der Waals surface area contributed by atoms with Crippen molar-refractivity contribution in [2.75, 3.05) is 13.1 Å². The van der Waals surface area contributed by atoms with Crippen molar-refractivity contribution >= 4 is 39.9 Å². The van der Waals surface area contributed by atoms with Crippen LogP contribution in [0.15, 0.2) is 22.7 Å². The molecule has 0 aliphatic carbocycles. The summed E-state index contributed by atoms with van der Waals surface area (Å²) in [6.45, 7) is 3.27. The van der Waals surface area contributed by atoms with Crippen molar-refractivity contribution < 1.29 is 9.72 Å². The summed E-state index contributed by atoms with van der Waals surface area (Å²) in [4.78, 5) is 24.6. The van der Waals surface area contributed by atoms with E-state index >= 15 is 0 Å². The topological polar surface area (TPSA) is 89.5 Å². The number of non-ortho nitro benzene ring substituents is 1. The van der Waals surface area contributed by atoms with Crippen LogP contribution in [-0.2, 0) is 0 Å². The Kier molecular flexibility index (Phi) is 6.77. The highest BCUT2D eigenvalue weighted by Crippen LogP contribution is 2.25. The molecule has 0 spiro atoms. The lowest BCUT2D eigenvalue weighted by atomic mass is 9.90. The predicted octanol–water partition coefficient (Wildman–Crippen LogP) is 2.98. The van der Waals surface area contributed by atoms with Crippen LogP contribution in [0, 0.1) is 16.0 Å². The minimum absolute atomic E-state index is 0. The third kappa shape index (κ3) is 4.41.